The Morgan fingerprint density at radius 2 is 1.75 bits per heavy atom. The fourth-order valence-electron chi connectivity index (χ4n) is 1.65. The summed E-state index contributed by atoms with van der Waals surface area (Å²) in [5.41, 5.74) is 6.61. The average Bonchev–Trinajstić information content (AvgIpc) is 2.46. The van der Waals surface area contributed by atoms with Crippen molar-refractivity contribution in [3.63, 3.8) is 0 Å². The van der Waals surface area contributed by atoms with Gasteiger partial charge in [0.25, 0.3) is 0 Å². The van der Waals surface area contributed by atoms with Crippen molar-refractivity contribution in [2.45, 2.75) is 6.61 Å². The molecule has 0 saturated carbocycles. The van der Waals surface area contributed by atoms with Gasteiger partial charge in [-0.25, -0.2) is 4.79 Å². The first-order valence-electron chi connectivity index (χ1n) is 5.91. The molecule has 2 rings (SSSR count). The van der Waals surface area contributed by atoms with E-state index in [9.17, 15) is 9.59 Å². The van der Waals surface area contributed by atoms with Gasteiger partial charge in [0.1, 0.15) is 12.4 Å². The second kappa shape index (κ2) is 5.88. The molecule has 0 saturated heterocycles. The molecule has 0 atom stereocenters. The summed E-state index contributed by atoms with van der Waals surface area (Å²) in [6.07, 6.45) is 0. The monoisotopic (exact) mass is 271 g/mol. The van der Waals surface area contributed by atoms with Crippen LogP contribution in [0.25, 0.3) is 0 Å². The number of carboxylic acid groups (broad SMARTS) is 1. The van der Waals surface area contributed by atoms with E-state index in [2.05, 4.69) is 0 Å². The molecule has 0 radical (unpaired) electrons. The maximum absolute atomic E-state index is 10.9. The molecule has 2 aromatic rings. The minimum Gasteiger partial charge on any atom is -0.489 e. The zero-order chi connectivity index (χ0) is 14.5. The highest BCUT2D eigenvalue weighted by molar-refractivity contribution is 5.92. The van der Waals surface area contributed by atoms with Crippen LogP contribution in [0.4, 0.5) is 0 Å². The minimum atomic E-state index is -0.999. The largest absolute Gasteiger partial charge is 0.489 e. The molecule has 0 aromatic heterocycles. The van der Waals surface area contributed by atoms with Gasteiger partial charge in [0.2, 0.25) is 5.91 Å². The van der Waals surface area contributed by atoms with Gasteiger partial charge in [0, 0.05) is 5.56 Å². The Morgan fingerprint density at radius 1 is 1.05 bits per heavy atom. The highest BCUT2D eigenvalue weighted by Crippen LogP contribution is 2.15. The van der Waals surface area contributed by atoms with Gasteiger partial charge >= 0.3 is 5.97 Å². The van der Waals surface area contributed by atoms with E-state index >= 15 is 0 Å². The number of hydrogen-bond donors (Lipinski definition) is 2. The van der Waals surface area contributed by atoms with E-state index in [1.54, 1.807) is 36.4 Å². The first-order chi connectivity index (χ1) is 9.56. The third-order valence-electron chi connectivity index (χ3n) is 2.72. The molecule has 0 aliphatic heterocycles. The van der Waals surface area contributed by atoms with Crippen molar-refractivity contribution in [1.29, 1.82) is 0 Å². The van der Waals surface area contributed by atoms with Crippen LogP contribution in [-0.2, 0) is 6.61 Å². The standard InChI is InChI=1S/C15H13NO4/c16-14(17)11-6-4-10(5-7-11)9-20-13-3-1-2-12(8-13)15(18)19/h1-8H,9H2,(H2,16,17)(H,18,19). The number of carbonyl (C=O) groups is 2. The number of benzene rings is 2. The van der Waals surface area contributed by atoms with Crippen molar-refractivity contribution in [1.82, 2.24) is 0 Å². The van der Waals surface area contributed by atoms with Crippen LogP contribution in [0.15, 0.2) is 48.5 Å². The third-order valence-corrected chi connectivity index (χ3v) is 2.72. The lowest BCUT2D eigenvalue weighted by Crippen LogP contribution is -2.10. The van der Waals surface area contributed by atoms with E-state index in [1.165, 1.54) is 12.1 Å². The lowest BCUT2D eigenvalue weighted by atomic mass is 10.1. The Balaban J connectivity index is 2.03. The Bertz CT molecular complexity index is 635. The van der Waals surface area contributed by atoms with Crippen molar-refractivity contribution < 1.29 is 19.4 Å². The number of carboxylic acids is 1. The second-order valence-corrected chi connectivity index (χ2v) is 4.18. The molecule has 3 N–H and O–H groups in total. The predicted molar refractivity (Wildman–Crippen MR) is 72.7 cm³/mol. The van der Waals surface area contributed by atoms with Crippen molar-refractivity contribution in [3.8, 4) is 5.75 Å². The van der Waals surface area contributed by atoms with Crippen LogP contribution in [0.1, 0.15) is 26.3 Å². The summed E-state index contributed by atoms with van der Waals surface area (Å²) in [6.45, 7) is 0.280. The van der Waals surface area contributed by atoms with Gasteiger partial charge in [-0.2, -0.15) is 0 Å². The second-order valence-electron chi connectivity index (χ2n) is 4.18. The molecule has 5 heteroatoms. The molecule has 2 aromatic carbocycles. The van der Waals surface area contributed by atoms with Crippen LogP contribution in [-0.4, -0.2) is 17.0 Å². The Morgan fingerprint density at radius 3 is 2.35 bits per heavy atom. The number of carbonyl (C=O) groups excluding carboxylic acids is 1. The van der Waals surface area contributed by atoms with Crippen molar-refractivity contribution in [2.24, 2.45) is 5.73 Å². The zero-order valence-corrected chi connectivity index (χ0v) is 10.6. The predicted octanol–water partition coefficient (Wildman–Crippen LogP) is 2.06. The summed E-state index contributed by atoms with van der Waals surface area (Å²) < 4.78 is 5.50. The molecule has 0 fully saturated rings. The topological polar surface area (TPSA) is 89.6 Å². The van der Waals surface area contributed by atoms with Gasteiger partial charge in [-0.3, -0.25) is 4.79 Å². The summed E-state index contributed by atoms with van der Waals surface area (Å²) in [6, 6.07) is 13.0. The summed E-state index contributed by atoms with van der Waals surface area (Å²) in [4.78, 5) is 21.8. The van der Waals surface area contributed by atoms with Crippen LogP contribution in [0, 0.1) is 0 Å². The highest BCUT2D eigenvalue weighted by atomic mass is 16.5. The SMILES string of the molecule is NC(=O)c1ccc(COc2cccc(C(=O)O)c2)cc1. The number of primary amides is 1. The molecule has 0 bridgehead atoms. The first kappa shape index (κ1) is 13.6. The lowest BCUT2D eigenvalue weighted by Gasteiger charge is -2.07. The molecule has 1 amide bonds. The van der Waals surface area contributed by atoms with Crippen LogP contribution >= 0.6 is 0 Å². The Hall–Kier alpha value is -2.82. The first-order valence-corrected chi connectivity index (χ1v) is 5.91. The summed E-state index contributed by atoms with van der Waals surface area (Å²) in [5, 5.41) is 8.88. The summed E-state index contributed by atoms with van der Waals surface area (Å²) in [5.74, 6) is -1.00. The molecular formula is C15H13NO4. The van der Waals surface area contributed by atoms with E-state index in [0.717, 1.165) is 5.56 Å². The van der Waals surface area contributed by atoms with Gasteiger partial charge in [-0.1, -0.05) is 18.2 Å². The maximum Gasteiger partial charge on any atom is 0.335 e. The summed E-state index contributed by atoms with van der Waals surface area (Å²) in [7, 11) is 0. The molecule has 0 unspecified atom stereocenters. The fourth-order valence-corrected chi connectivity index (χ4v) is 1.65. The normalized spacial score (nSPS) is 10.0. The number of hydrogen-bond acceptors (Lipinski definition) is 3. The van der Waals surface area contributed by atoms with E-state index in [0.29, 0.717) is 11.3 Å². The lowest BCUT2D eigenvalue weighted by molar-refractivity contribution is 0.0696. The van der Waals surface area contributed by atoms with E-state index in [1.807, 2.05) is 0 Å². The van der Waals surface area contributed by atoms with Crippen LogP contribution in [0.2, 0.25) is 0 Å². The zero-order valence-electron chi connectivity index (χ0n) is 10.6. The fraction of sp³-hybridized carbons (Fsp3) is 0.0667. The third kappa shape index (κ3) is 3.35. The van der Waals surface area contributed by atoms with Crippen molar-refractivity contribution >= 4 is 11.9 Å². The molecule has 20 heavy (non-hydrogen) atoms. The molecular weight excluding hydrogens is 258 g/mol. The van der Waals surface area contributed by atoms with Gasteiger partial charge in [-0.15, -0.1) is 0 Å². The molecule has 0 spiro atoms. The van der Waals surface area contributed by atoms with E-state index in [-0.39, 0.29) is 12.2 Å². The van der Waals surface area contributed by atoms with E-state index < -0.39 is 11.9 Å². The average molecular weight is 271 g/mol. The summed E-state index contributed by atoms with van der Waals surface area (Å²) >= 11 is 0. The van der Waals surface area contributed by atoms with Gasteiger partial charge in [-0.05, 0) is 35.9 Å². The Labute approximate surface area is 115 Å². The Kier molecular flexibility index (Phi) is 4.00. The van der Waals surface area contributed by atoms with Gasteiger partial charge in [0.15, 0.2) is 0 Å². The molecule has 5 nitrogen and oxygen atoms in total. The van der Waals surface area contributed by atoms with Crippen LogP contribution in [0.3, 0.4) is 0 Å². The molecule has 0 aliphatic carbocycles. The highest BCUT2D eigenvalue weighted by Gasteiger charge is 2.04. The van der Waals surface area contributed by atoms with Crippen molar-refractivity contribution in [3.05, 3.63) is 65.2 Å². The number of ether oxygens (including phenoxy) is 1. The maximum atomic E-state index is 10.9. The smallest absolute Gasteiger partial charge is 0.335 e. The number of aromatic carboxylic acids is 1. The number of amides is 1. The number of rotatable bonds is 5. The van der Waals surface area contributed by atoms with Gasteiger partial charge < -0.3 is 15.6 Å². The molecule has 102 valence electrons. The molecule has 0 heterocycles. The van der Waals surface area contributed by atoms with E-state index in [4.69, 9.17) is 15.6 Å². The number of nitrogens with two attached hydrogens (primary N) is 1. The molecule has 0 aliphatic rings. The van der Waals surface area contributed by atoms with Crippen LogP contribution in [0.5, 0.6) is 5.75 Å². The van der Waals surface area contributed by atoms with Crippen LogP contribution < -0.4 is 10.5 Å². The quantitative estimate of drug-likeness (QED) is 0.871. The van der Waals surface area contributed by atoms with Crippen molar-refractivity contribution in [2.75, 3.05) is 0 Å². The van der Waals surface area contributed by atoms with Gasteiger partial charge in [0.05, 0.1) is 5.56 Å². The minimum absolute atomic E-state index is 0.173.